The number of carbonyl (C=O) groups is 1. The van der Waals surface area contributed by atoms with Crippen LogP contribution in [0.5, 0.6) is 0 Å². The highest BCUT2D eigenvalue weighted by molar-refractivity contribution is 5.81. The quantitative estimate of drug-likeness (QED) is 0.330. The van der Waals surface area contributed by atoms with Gasteiger partial charge in [-0.15, -0.1) is 0 Å². The van der Waals surface area contributed by atoms with Gasteiger partial charge >= 0.3 is 0 Å². The first-order valence-electron chi connectivity index (χ1n) is 10.4. The molecule has 0 spiro atoms. The molecule has 0 saturated heterocycles. The van der Waals surface area contributed by atoms with Crippen LogP contribution in [0.15, 0.2) is 0 Å². The summed E-state index contributed by atoms with van der Waals surface area (Å²) in [5.41, 5.74) is 0. The zero-order chi connectivity index (χ0) is 17.9. The van der Waals surface area contributed by atoms with Crippen LogP contribution in [-0.2, 0) is 4.79 Å². The van der Waals surface area contributed by atoms with Crippen LogP contribution in [-0.4, -0.2) is 39.1 Å². The van der Waals surface area contributed by atoms with E-state index in [9.17, 15) is 4.79 Å². The highest BCUT2D eigenvalue weighted by Crippen LogP contribution is 2.10. The Morgan fingerprint density at radius 3 is 1.83 bits per heavy atom. The highest BCUT2D eigenvalue weighted by Gasteiger charge is 2.14. The van der Waals surface area contributed by atoms with Crippen molar-refractivity contribution in [2.24, 2.45) is 0 Å². The predicted octanol–water partition coefficient (Wildman–Crippen LogP) is 4.00. The number of nitrogens with one attached hydrogen (secondary N) is 3. The maximum Gasteiger partial charge on any atom is 0.237 e. The van der Waals surface area contributed by atoms with Gasteiger partial charge < -0.3 is 16.0 Å². The molecule has 3 N–H and O–H groups in total. The fourth-order valence-electron chi connectivity index (χ4n) is 3.00. The lowest BCUT2D eigenvalue weighted by Crippen LogP contribution is -2.42. The Hall–Kier alpha value is -0.610. The van der Waals surface area contributed by atoms with Gasteiger partial charge in [0.05, 0.1) is 6.04 Å². The third kappa shape index (κ3) is 14.9. The number of unbranched alkanes of at least 4 members (excludes halogenated alkanes) is 10. The van der Waals surface area contributed by atoms with Gasteiger partial charge in [0.25, 0.3) is 0 Å². The minimum atomic E-state index is -0.0371. The zero-order valence-electron chi connectivity index (χ0n) is 16.6. The normalized spacial score (nSPS) is 12.3. The summed E-state index contributed by atoms with van der Waals surface area (Å²) >= 11 is 0. The first-order chi connectivity index (χ1) is 11.8. The summed E-state index contributed by atoms with van der Waals surface area (Å²) < 4.78 is 0. The van der Waals surface area contributed by atoms with Crippen molar-refractivity contribution in [3.8, 4) is 0 Å². The maximum atomic E-state index is 12.1. The van der Waals surface area contributed by atoms with Gasteiger partial charge in [-0.05, 0) is 39.9 Å². The standard InChI is InChI=1S/C20H43N3O/c1-4-5-6-7-8-9-10-11-12-14-18-23-20(24)19(22-3)16-13-15-17-21-2/h19,21-22H,4-18H2,1-3H3,(H,23,24)/t19-/m0/s1. The Balaban J connectivity index is 3.43. The molecule has 0 aromatic carbocycles. The highest BCUT2D eigenvalue weighted by atomic mass is 16.2. The summed E-state index contributed by atoms with van der Waals surface area (Å²) in [7, 11) is 3.84. The van der Waals surface area contributed by atoms with Crippen molar-refractivity contribution in [2.75, 3.05) is 27.2 Å². The number of hydrogen-bond donors (Lipinski definition) is 3. The lowest BCUT2D eigenvalue weighted by molar-refractivity contribution is -0.123. The Bertz CT molecular complexity index is 272. The van der Waals surface area contributed by atoms with Crippen LogP contribution in [0.2, 0.25) is 0 Å². The number of amides is 1. The van der Waals surface area contributed by atoms with Gasteiger partial charge in [0.1, 0.15) is 0 Å². The van der Waals surface area contributed by atoms with Gasteiger partial charge in [-0.1, -0.05) is 71.1 Å². The largest absolute Gasteiger partial charge is 0.355 e. The Morgan fingerprint density at radius 1 is 0.750 bits per heavy atom. The maximum absolute atomic E-state index is 12.1. The van der Waals surface area contributed by atoms with E-state index >= 15 is 0 Å². The van der Waals surface area contributed by atoms with E-state index < -0.39 is 0 Å². The molecule has 24 heavy (non-hydrogen) atoms. The molecule has 144 valence electrons. The third-order valence-corrected chi connectivity index (χ3v) is 4.66. The molecule has 0 heterocycles. The van der Waals surface area contributed by atoms with Crippen LogP contribution in [0.1, 0.15) is 90.4 Å². The number of likely N-dealkylation sites (N-methyl/N-ethyl adjacent to an activating group) is 1. The van der Waals surface area contributed by atoms with Crippen molar-refractivity contribution in [3.05, 3.63) is 0 Å². The van der Waals surface area contributed by atoms with Crippen LogP contribution < -0.4 is 16.0 Å². The molecule has 4 heteroatoms. The van der Waals surface area contributed by atoms with E-state index in [-0.39, 0.29) is 11.9 Å². The summed E-state index contributed by atoms with van der Waals surface area (Å²) in [6.07, 6.45) is 16.4. The number of carbonyl (C=O) groups excluding carboxylic acids is 1. The molecule has 1 amide bonds. The number of hydrogen-bond acceptors (Lipinski definition) is 3. The monoisotopic (exact) mass is 341 g/mol. The van der Waals surface area contributed by atoms with Gasteiger partial charge in [-0.3, -0.25) is 4.79 Å². The molecule has 0 unspecified atom stereocenters. The third-order valence-electron chi connectivity index (χ3n) is 4.66. The predicted molar refractivity (Wildman–Crippen MR) is 105 cm³/mol. The van der Waals surface area contributed by atoms with Gasteiger partial charge in [-0.2, -0.15) is 0 Å². The second kappa shape index (κ2) is 18.7. The van der Waals surface area contributed by atoms with Crippen molar-refractivity contribution in [2.45, 2.75) is 96.4 Å². The fourth-order valence-corrected chi connectivity index (χ4v) is 3.00. The second-order valence-corrected chi connectivity index (χ2v) is 6.91. The minimum Gasteiger partial charge on any atom is -0.355 e. The van der Waals surface area contributed by atoms with Crippen LogP contribution in [0, 0.1) is 0 Å². The SMILES string of the molecule is CCCCCCCCCCCCNC(=O)[C@H](CCCCNC)NC. The molecule has 0 saturated carbocycles. The Morgan fingerprint density at radius 2 is 1.29 bits per heavy atom. The summed E-state index contributed by atoms with van der Waals surface area (Å²) in [6.45, 7) is 4.11. The van der Waals surface area contributed by atoms with Crippen LogP contribution in [0.4, 0.5) is 0 Å². The van der Waals surface area contributed by atoms with E-state index in [1.807, 2.05) is 14.1 Å². The topological polar surface area (TPSA) is 53.2 Å². The van der Waals surface area contributed by atoms with Gasteiger partial charge in [0.15, 0.2) is 0 Å². The molecule has 4 nitrogen and oxygen atoms in total. The molecule has 0 fully saturated rings. The molecule has 0 aliphatic heterocycles. The first kappa shape index (κ1) is 23.4. The van der Waals surface area contributed by atoms with Crippen molar-refractivity contribution >= 4 is 5.91 Å². The summed E-state index contributed by atoms with van der Waals surface area (Å²) in [5, 5.41) is 9.36. The average molecular weight is 342 g/mol. The molecular formula is C20H43N3O. The Kier molecular flexibility index (Phi) is 18.2. The van der Waals surface area contributed by atoms with Gasteiger partial charge in [-0.25, -0.2) is 0 Å². The second-order valence-electron chi connectivity index (χ2n) is 6.91. The van der Waals surface area contributed by atoms with Crippen molar-refractivity contribution < 1.29 is 4.79 Å². The minimum absolute atomic E-state index is 0.0371. The number of rotatable bonds is 18. The molecule has 1 atom stereocenters. The lowest BCUT2D eigenvalue weighted by atomic mass is 10.1. The molecular weight excluding hydrogens is 298 g/mol. The van der Waals surface area contributed by atoms with Gasteiger partial charge in [0.2, 0.25) is 5.91 Å². The zero-order valence-corrected chi connectivity index (χ0v) is 16.6. The summed E-state index contributed by atoms with van der Waals surface area (Å²) in [5.74, 6) is 0.165. The van der Waals surface area contributed by atoms with Crippen LogP contribution in [0.25, 0.3) is 0 Å². The summed E-state index contributed by atoms with van der Waals surface area (Å²) in [4.78, 5) is 12.1. The average Bonchev–Trinajstić information content (AvgIpc) is 2.59. The lowest BCUT2D eigenvalue weighted by Gasteiger charge is -2.16. The van der Waals surface area contributed by atoms with E-state index in [2.05, 4.69) is 22.9 Å². The van der Waals surface area contributed by atoms with E-state index in [1.165, 1.54) is 57.8 Å². The van der Waals surface area contributed by atoms with Crippen molar-refractivity contribution in [3.63, 3.8) is 0 Å². The van der Waals surface area contributed by atoms with E-state index in [1.54, 1.807) is 0 Å². The van der Waals surface area contributed by atoms with Crippen molar-refractivity contribution in [1.82, 2.24) is 16.0 Å². The fraction of sp³-hybridized carbons (Fsp3) is 0.950. The molecule has 0 bridgehead atoms. The van der Waals surface area contributed by atoms with Gasteiger partial charge in [0, 0.05) is 6.54 Å². The van der Waals surface area contributed by atoms with Crippen LogP contribution >= 0.6 is 0 Å². The molecule has 0 rings (SSSR count). The summed E-state index contributed by atoms with van der Waals surface area (Å²) in [6, 6.07) is -0.0371. The molecule has 0 aromatic rings. The van der Waals surface area contributed by atoms with E-state index in [4.69, 9.17) is 0 Å². The first-order valence-corrected chi connectivity index (χ1v) is 10.4. The van der Waals surface area contributed by atoms with Crippen molar-refractivity contribution in [1.29, 1.82) is 0 Å². The molecule has 0 aliphatic carbocycles. The van der Waals surface area contributed by atoms with E-state index in [0.29, 0.717) is 0 Å². The van der Waals surface area contributed by atoms with E-state index in [0.717, 1.165) is 38.8 Å². The molecule has 0 aliphatic rings. The molecule has 0 aromatic heterocycles. The van der Waals surface area contributed by atoms with Crippen LogP contribution in [0.3, 0.4) is 0 Å². The smallest absolute Gasteiger partial charge is 0.237 e. The Labute approximate surface area is 150 Å². The molecule has 0 radical (unpaired) electrons.